The molecule has 1 N–H and O–H groups in total. The number of methoxy groups -OCH3 is 1. The van der Waals surface area contributed by atoms with Crippen molar-refractivity contribution in [3.8, 4) is 0 Å². The van der Waals surface area contributed by atoms with Crippen LogP contribution >= 0.6 is 11.3 Å². The molecule has 0 aliphatic carbocycles. The first-order valence-electron chi connectivity index (χ1n) is 6.10. The molecule has 0 unspecified atom stereocenters. The summed E-state index contributed by atoms with van der Waals surface area (Å²) in [5.74, 6) is 0.996. The second kappa shape index (κ2) is 6.54. The highest BCUT2D eigenvalue weighted by Gasteiger charge is 2.14. The minimum atomic E-state index is -0.356. The molecule has 0 bridgehead atoms. The third-order valence-corrected chi connectivity index (χ3v) is 3.58. The summed E-state index contributed by atoms with van der Waals surface area (Å²) in [4.78, 5) is 11.4. The number of hydrogen-bond donors (Lipinski definition) is 1. The molecule has 19 heavy (non-hydrogen) atoms. The molecule has 0 aliphatic rings. The smallest absolute Gasteiger partial charge is 0.341 e. The van der Waals surface area contributed by atoms with Gasteiger partial charge in [-0.2, -0.15) is 11.3 Å². The number of carbonyl (C=O) groups is 1. The van der Waals surface area contributed by atoms with E-state index < -0.39 is 0 Å². The Morgan fingerprint density at radius 3 is 3.05 bits per heavy atom. The predicted octanol–water partition coefficient (Wildman–Crippen LogP) is 2.77. The van der Waals surface area contributed by atoms with Gasteiger partial charge in [0.1, 0.15) is 17.1 Å². The summed E-state index contributed by atoms with van der Waals surface area (Å²) in [6.07, 6.45) is 0.993. The molecular formula is C14H17NO3S. The van der Waals surface area contributed by atoms with E-state index in [1.165, 1.54) is 12.7 Å². The molecule has 0 saturated carbocycles. The van der Waals surface area contributed by atoms with Crippen LogP contribution in [-0.4, -0.2) is 19.6 Å². The Labute approximate surface area is 116 Å². The highest BCUT2D eigenvalue weighted by atomic mass is 32.1. The minimum Gasteiger partial charge on any atom is -0.465 e. The summed E-state index contributed by atoms with van der Waals surface area (Å²) in [5.41, 5.74) is 1.83. The summed E-state index contributed by atoms with van der Waals surface area (Å²) in [6.45, 7) is 3.26. The average molecular weight is 279 g/mol. The molecule has 0 radical (unpaired) electrons. The Morgan fingerprint density at radius 2 is 2.37 bits per heavy atom. The molecule has 0 amide bonds. The average Bonchev–Trinajstić information content (AvgIpc) is 3.03. The number of thiophene rings is 1. The largest absolute Gasteiger partial charge is 0.465 e. The number of esters is 1. The fourth-order valence-corrected chi connectivity index (χ4v) is 2.53. The first-order valence-corrected chi connectivity index (χ1v) is 7.04. The van der Waals surface area contributed by atoms with Crippen LogP contribution in [0.5, 0.6) is 0 Å². The van der Waals surface area contributed by atoms with Crippen LogP contribution in [0.2, 0.25) is 0 Å². The Balaban J connectivity index is 1.81. The van der Waals surface area contributed by atoms with E-state index in [1.54, 1.807) is 24.3 Å². The number of rotatable bonds is 6. The number of ether oxygens (including phenoxy) is 1. The van der Waals surface area contributed by atoms with Crippen molar-refractivity contribution in [1.82, 2.24) is 5.32 Å². The van der Waals surface area contributed by atoms with Crippen LogP contribution in [0.3, 0.4) is 0 Å². The fourth-order valence-electron chi connectivity index (χ4n) is 1.82. The lowest BCUT2D eigenvalue weighted by molar-refractivity contribution is 0.0599. The summed E-state index contributed by atoms with van der Waals surface area (Å²) >= 11 is 1.71. The van der Waals surface area contributed by atoms with Crippen molar-refractivity contribution >= 4 is 17.3 Å². The van der Waals surface area contributed by atoms with E-state index in [2.05, 4.69) is 26.9 Å². The summed E-state index contributed by atoms with van der Waals surface area (Å²) in [5, 5.41) is 7.52. The molecule has 0 atom stereocenters. The first-order chi connectivity index (χ1) is 9.20. The van der Waals surface area contributed by atoms with Gasteiger partial charge in [0.2, 0.25) is 0 Å². The third kappa shape index (κ3) is 3.68. The maximum absolute atomic E-state index is 11.4. The van der Waals surface area contributed by atoms with Gasteiger partial charge in [0, 0.05) is 0 Å². The Bertz CT molecular complexity index is 531. The molecule has 0 fully saturated rings. The van der Waals surface area contributed by atoms with Crippen molar-refractivity contribution < 1.29 is 13.9 Å². The lowest BCUT2D eigenvalue weighted by Gasteiger charge is -2.00. The van der Waals surface area contributed by atoms with E-state index in [1.807, 2.05) is 0 Å². The topological polar surface area (TPSA) is 51.5 Å². The zero-order valence-electron chi connectivity index (χ0n) is 11.1. The molecular weight excluding hydrogens is 262 g/mol. The van der Waals surface area contributed by atoms with E-state index in [0.717, 1.165) is 18.7 Å². The molecule has 4 nitrogen and oxygen atoms in total. The number of carbonyl (C=O) groups excluding carboxylic acids is 1. The quantitative estimate of drug-likeness (QED) is 0.652. The zero-order valence-corrected chi connectivity index (χ0v) is 11.9. The van der Waals surface area contributed by atoms with Gasteiger partial charge in [-0.15, -0.1) is 0 Å². The SMILES string of the molecule is COC(=O)c1cc(CNCCc2ccsc2)oc1C. The van der Waals surface area contributed by atoms with Crippen molar-refractivity contribution in [2.45, 2.75) is 19.9 Å². The van der Waals surface area contributed by atoms with Crippen LogP contribution < -0.4 is 5.32 Å². The second-order valence-corrected chi connectivity index (χ2v) is 5.01. The molecule has 0 aromatic carbocycles. The van der Waals surface area contributed by atoms with Crippen LogP contribution in [-0.2, 0) is 17.7 Å². The Hall–Kier alpha value is -1.59. The summed E-state index contributed by atoms with van der Waals surface area (Å²) in [7, 11) is 1.37. The van der Waals surface area contributed by atoms with Gasteiger partial charge >= 0.3 is 5.97 Å². The zero-order chi connectivity index (χ0) is 13.7. The van der Waals surface area contributed by atoms with Gasteiger partial charge in [-0.25, -0.2) is 4.79 Å². The van der Waals surface area contributed by atoms with Crippen LogP contribution in [0.4, 0.5) is 0 Å². The molecule has 102 valence electrons. The van der Waals surface area contributed by atoms with Crippen molar-refractivity contribution in [1.29, 1.82) is 0 Å². The lowest BCUT2D eigenvalue weighted by atomic mass is 10.2. The van der Waals surface area contributed by atoms with Gasteiger partial charge in [0.15, 0.2) is 0 Å². The van der Waals surface area contributed by atoms with Crippen molar-refractivity contribution in [3.63, 3.8) is 0 Å². The first kappa shape index (κ1) is 13.8. The molecule has 0 aliphatic heterocycles. The molecule has 2 heterocycles. The normalized spacial score (nSPS) is 10.6. The molecule has 0 spiro atoms. The van der Waals surface area contributed by atoms with E-state index in [0.29, 0.717) is 17.9 Å². The Kier molecular flexibility index (Phi) is 4.76. The maximum atomic E-state index is 11.4. The van der Waals surface area contributed by atoms with Crippen LogP contribution in [0.15, 0.2) is 27.3 Å². The third-order valence-electron chi connectivity index (χ3n) is 2.84. The molecule has 5 heteroatoms. The van der Waals surface area contributed by atoms with Gasteiger partial charge in [0.25, 0.3) is 0 Å². The second-order valence-electron chi connectivity index (χ2n) is 4.23. The highest BCUT2D eigenvalue weighted by Crippen LogP contribution is 2.15. The Morgan fingerprint density at radius 1 is 1.53 bits per heavy atom. The van der Waals surface area contributed by atoms with E-state index in [9.17, 15) is 4.79 Å². The lowest BCUT2D eigenvalue weighted by Crippen LogP contribution is -2.16. The van der Waals surface area contributed by atoms with Gasteiger partial charge in [0.05, 0.1) is 13.7 Å². The van der Waals surface area contributed by atoms with E-state index >= 15 is 0 Å². The molecule has 0 saturated heterocycles. The molecule has 2 aromatic rings. The van der Waals surface area contributed by atoms with E-state index in [4.69, 9.17) is 4.42 Å². The molecule has 2 rings (SSSR count). The fraction of sp³-hybridized carbons (Fsp3) is 0.357. The summed E-state index contributed by atoms with van der Waals surface area (Å²) < 4.78 is 10.2. The van der Waals surface area contributed by atoms with Gasteiger partial charge < -0.3 is 14.5 Å². The minimum absolute atomic E-state index is 0.356. The van der Waals surface area contributed by atoms with Gasteiger partial charge in [-0.05, 0) is 48.3 Å². The summed E-state index contributed by atoms with van der Waals surface area (Å²) in [6, 6.07) is 3.86. The number of aryl methyl sites for hydroxylation is 1. The van der Waals surface area contributed by atoms with E-state index in [-0.39, 0.29) is 5.97 Å². The number of hydrogen-bond acceptors (Lipinski definition) is 5. The van der Waals surface area contributed by atoms with Crippen molar-refractivity contribution in [2.75, 3.05) is 13.7 Å². The standard InChI is InChI=1S/C14H17NO3S/c1-10-13(14(16)17-2)7-12(18-10)8-15-5-3-11-4-6-19-9-11/h4,6-7,9,15H,3,5,8H2,1-2H3. The van der Waals surface area contributed by atoms with Crippen LogP contribution in [0.25, 0.3) is 0 Å². The highest BCUT2D eigenvalue weighted by molar-refractivity contribution is 7.07. The monoisotopic (exact) mass is 279 g/mol. The van der Waals surface area contributed by atoms with Crippen LogP contribution in [0.1, 0.15) is 27.4 Å². The number of furan rings is 1. The van der Waals surface area contributed by atoms with Crippen molar-refractivity contribution in [3.05, 3.63) is 45.5 Å². The van der Waals surface area contributed by atoms with Gasteiger partial charge in [-0.1, -0.05) is 0 Å². The number of nitrogens with one attached hydrogen (secondary N) is 1. The van der Waals surface area contributed by atoms with Crippen LogP contribution in [0, 0.1) is 6.92 Å². The maximum Gasteiger partial charge on any atom is 0.341 e. The van der Waals surface area contributed by atoms with Crippen molar-refractivity contribution in [2.24, 2.45) is 0 Å². The molecule has 2 aromatic heterocycles. The predicted molar refractivity (Wildman–Crippen MR) is 74.5 cm³/mol. The van der Waals surface area contributed by atoms with Gasteiger partial charge in [-0.3, -0.25) is 0 Å².